The van der Waals surface area contributed by atoms with Crippen molar-refractivity contribution >= 4 is 40.5 Å². The van der Waals surface area contributed by atoms with Crippen LogP contribution in [0.4, 0.5) is 4.39 Å². The molecule has 8 N–H and O–H groups in total. The maximum absolute atomic E-state index is 14.8. The van der Waals surface area contributed by atoms with E-state index in [0.29, 0.717) is 61.1 Å². The van der Waals surface area contributed by atoms with Crippen molar-refractivity contribution in [2.75, 3.05) is 33.0 Å². The van der Waals surface area contributed by atoms with Gasteiger partial charge in [0.2, 0.25) is 23.6 Å². The van der Waals surface area contributed by atoms with E-state index in [2.05, 4.69) is 21.3 Å². The van der Waals surface area contributed by atoms with Gasteiger partial charge in [-0.25, -0.2) is 14.2 Å². The number of benzene rings is 1. The van der Waals surface area contributed by atoms with Crippen molar-refractivity contribution in [2.24, 2.45) is 11.7 Å². The molecule has 0 unspecified atom stereocenters. The van der Waals surface area contributed by atoms with Crippen LogP contribution in [-0.4, -0.2) is 94.5 Å². The standard InChI is InChI=1S/C41H54FN7O10/c1-5-41(57)28-15-32-36-26(18-49(32)39(55)27(28)20-59-40(41)56)24(25-14-23(4)29(42)16-31(25)46-36)10-7-9-13-58-21-45-33(51)17-44-37(53)30(11-6-8-12-43)47-38(54)35(22(2)3)48-34(52)19-50/h14-16,22,30,35,50,57H,5-13,17-21,43H2,1-4H3,(H,44,53)(H,45,51)(H,47,54)(H,48,52)/t30-,35-,41-/m0/s1. The minimum Gasteiger partial charge on any atom is -0.458 e. The predicted molar refractivity (Wildman–Crippen MR) is 213 cm³/mol. The van der Waals surface area contributed by atoms with Gasteiger partial charge in [0.05, 0.1) is 35.6 Å². The molecule has 5 rings (SSSR count). The summed E-state index contributed by atoms with van der Waals surface area (Å²) in [5.41, 5.74) is 7.08. The highest BCUT2D eigenvalue weighted by molar-refractivity contribution is 5.94. The van der Waals surface area contributed by atoms with Crippen LogP contribution in [-0.2, 0) is 58.6 Å². The topological polar surface area (TPSA) is 253 Å². The number of hydrogen-bond donors (Lipinski definition) is 7. The number of unbranched alkanes of at least 4 members (excludes halogenated alkanes) is 2. The number of nitrogens with zero attached hydrogens (tertiary/aromatic N) is 2. The molecular formula is C41H54FN7O10. The molecule has 2 aliphatic rings. The third-order valence-corrected chi connectivity index (χ3v) is 10.8. The lowest BCUT2D eigenvalue weighted by atomic mass is 9.86. The molecule has 0 saturated heterocycles. The van der Waals surface area contributed by atoms with Crippen molar-refractivity contribution in [1.29, 1.82) is 0 Å². The second-order valence-electron chi connectivity index (χ2n) is 15.3. The minimum absolute atomic E-state index is 0.00557. The van der Waals surface area contributed by atoms with E-state index in [9.17, 15) is 38.3 Å². The first kappa shape index (κ1) is 44.8. The molecule has 0 radical (unpaired) electrons. The van der Waals surface area contributed by atoms with Crippen molar-refractivity contribution in [1.82, 2.24) is 30.8 Å². The number of aliphatic hydroxyl groups is 2. The number of rotatable bonds is 20. The number of fused-ring (bicyclic) bond motifs is 5. The van der Waals surface area contributed by atoms with E-state index in [4.69, 9.17) is 25.3 Å². The Labute approximate surface area is 340 Å². The summed E-state index contributed by atoms with van der Waals surface area (Å²) in [6, 6.07) is 2.76. The lowest BCUT2D eigenvalue weighted by Gasteiger charge is -2.31. The molecule has 59 heavy (non-hydrogen) atoms. The summed E-state index contributed by atoms with van der Waals surface area (Å²) in [7, 11) is 0. The van der Waals surface area contributed by atoms with Gasteiger partial charge in [-0.1, -0.05) is 20.8 Å². The quantitative estimate of drug-likeness (QED) is 0.0372. The van der Waals surface area contributed by atoms with Gasteiger partial charge in [-0.2, -0.15) is 0 Å². The smallest absolute Gasteiger partial charge is 0.343 e. The summed E-state index contributed by atoms with van der Waals surface area (Å²) in [5, 5.41) is 31.3. The van der Waals surface area contributed by atoms with E-state index in [1.165, 1.54) is 6.07 Å². The van der Waals surface area contributed by atoms with Crippen LogP contribution in [0.1, 0.15) is 87.1 Å². The Balaban J connectivity index is 1.17. The van der Waals surface area contributed by atoms with E-state index in [1.54, 1.807) is 44.4 Å². The maximum atomic E-state index is 14.8. The van der Waals surface area contributed by atoms with Gasteiger partial charge in [-0.15, -0.1) is 0 Å². The number of aromatic nitrogens is 2. The van der Waals surface area contributed by atoms with Crippen molar-refractivity contribution in [2.45, 2.75) is 103 Å². The normalized spacial score (nSPS) is 16.5. The number of esters is 1. The third-order valence-electron chi connectivity index (χ3n) is 10.8. The highest BCUT2D eigenvalue weighted by Crippen LogP contribution is 2.41. The average Bonchev–Trinajstić information content (AvgIpc) is 3.58. The molecule has 3 atom stereocenters. The zero-order chi connectivity index (χ0) is 43.0. The zero-order valence-electron chi connectivity index (χ0n) is 33.9. The first-order chi connectivity index (χ1) is 28.1. The molecule has 1 aromatic carbocycles. The number of cyclic esters (lactones) is 1. The Morgan fingerprint density at radius 2 is 1.80 bits per heavy atom. The summed E-state index contributed by atoms with van der Waals surface area (Å²) in [6.45, 7) is 6.04. The molecule has 4 heterocycles. The van der Waals surface area contributed by atoms with Gasteiger partial charge in [0.25, 0.3) is 5.56 Å². The van der Waals surface area contributed by atoms with Gasteiger partial charge < -0.3 is 51.3 Å². The van der Waals surface area contributed by atoms with E-state index in [0.717, 1.165) is 16.5 Å². The maximum Gasteiger partial charge on any atom is 0.343 e. The van der Waals surface area contributed by atoms with E-state index in [1.807, 2.05) is 0 Å². The molecule has 0 bridgehead atoms. The number of pyridine rings is 2. The van der Waals surface area contributed by atoms with E-state index < -0.39 is 65.3 Å². The van der Waals surface area contributed by atoms with Crippen LogP contribution in [0.5, 0.6) is 0 Å². The predicted octanol–water partition coefficient (Wildman–Crippen LogP) is 0.803. The highest BCUT2D eigenvalue weighted by atomic mass is 19.1. The molecule has 4 amide bonds. The fourth-order valence-corrected chi connectivity index (χ4v) is 7.42. The minimum atomic E-state index is -1.98. The van der Waals surface area contributed by atoms with Gasteiger partial charge in [0, 0.05) is 29.2 Å². The molecule has 2 aromatic heterocycles. The lowest BCUT2D eigenvalue weighted by molar-refractivity contribution is -0.172. The molecule has 0 aliphatic carbocycles. The lowest BCUT2D eigenvalue weighted by Crippen LogP contribution is -2.56. The first-order valence-electron chi connectivity index (χ1n) is 20.0. The number of halogens is 1. The average molecular weight is 824 g/mol. The van der Waals surface area contributed by atoms with Gasteiger partial charge in [0.15, 0.2) is 5.60 Å². The number of aliphatic hydroxyl groups excluding tert-OH is 1. The second kappa shape index (κ2) is 19.6. The summed E-state index contributed by atoms with van der Waals surface area (Å²) in [6.07, 6.45) is 3.13. The van der Waals surface area contributed by atoms with Crippen molar-refractivity contribution in [3.8, 4) is 11.4 Å². The van der Waals surface area contributed by atoms with Gasteiger partial charge >= 0.3 is 5.97 Å². The Bertz CT molecular complexity index is 2160. The summed E-state index contributed by atoms with van der Waals surface area (Å²) in [4.78, 5) is 81.4. The molecule has 320 valence electrons. The number of aryl methyl sites for hydroxylation is 2. The van der Waals surface area contributed by atoms with Crippen LogP contribution in [0.25, 0.3) is 22.3 Å². The molecule has 3 aromatic rings. The van der Waals surface area contributed by atoms with Gasteiger partial charge in [-0.3, -0.25) is 24.0 Å². The monoisotopic (exact) mass is 823 g/mol. The molecule has 18 heteroatoms. The number of carbonyl (C=O) groups excluding carboxylic acids is 5. The molecule has 0 spiro atoms. The van der Waals surface area contributed by atoms with Gasteiger partial charge in [0.1, 0.15) is 37.8 Å². The largest absolute Gasteiger partial charge is 0.458 e. The Hall–Kier alpha value is -5.30. The number of nitrogens with one attached hydrogen (secondary N) is 4. The summed E-state index contributed by atoms with van der Waals surface area (Å²) >= 11 is 0. The van der Waals surface area contributed by atoms with Crippen LogP contribution in [0.3, 0.4) is 0 Å². The number of ether oxygens (including phenoxy) is 2. The molecule has 2 aliphatic heterocycles. The van der Waals surface area contributed by atoms with Crippen LogP contribution in [0.2, 0.25) is 0 Å². The SMILES string of the molecule is CC[C@@]1(O)C(=O)OCc2c1cc1n(c2=O)Cc2c-1nc1cc(F)c(C)cc1c2CCCCOCNC(=O)CNC(=O)[C@H](CCCCN)NC(=O)[C@@H](NC(=O)CO)C(C)C. The summed E-state index contributed by atoms with van der Waals surface area (Å²) in [5.74, 6) is -4.01. The number of nitrogens with two attached hydrogens (primary N) is 1. The van der Waals surface area contributed by atoms with E-state index in [-0.39, 0.29) is 62.9 Å². The Morgan fingerprint density at radius 3 is 2.49 bits per heavy atom. The zero-order valence-corrected chi connectivity index (χ0v) is 33.9. The molecule has 17 nitrogen and oxygen atoms in total. The number of amides is 4. The highest BCUT2D eigenvalue weighted by Gasteiger charge is 2.45. The van der Waals surface area contributed by atoms with Crippen molar-refractivity contribution < 1.29 is 48.0 Å². The Morgan fingerprint density at radius 1 is 1.03 bits per heavy atom. The number of carbonyl (C=O) groups is 5. The fourth-order valence-electron chi connectivity index (χ4n) is 7.42. The summed E-state index contributed by atoms with van der Waals surface area (Å²) < 4.78 is 27.2. The molecule has 0 fully saturated rings. The number of hydrogen-bond acceptors (Lipinski definition) is 12. The third kappa shape index (κ3) is 9.95. The van der Waals surface area contributed by atoms with Crippen LogP contribution >= 0.6 is 0 Å². The van der Waals surface area contributed by atoms with Crippen molar-refractivity contribution in [3.05, 3.63) is 62.2 Å². The molecule has 0 saturated carbocycles. The fraction of sp³-hybridized carbons (Fsp3) is 0.537. The second-order valence-corrected chi connectivity index (χ2v) is 15.3. The van der Waals surface area contributed by atoms with Gasteiger partial charge in [-0.05, 0) is 87.6 Å². The van der Waals surface area contributed by atoms with Crippen LogP contribution in [0.15, 0.2) is 23.0 Å². The van der Waals surface area contributed by atoms with E-state index >= 15 is 0 Å². The van der Waals surface area contributed by atoms with Crippen LogP contribution in [0, 0.1) is 18.7 Å². The van der Waals surface area contributed by atoms with Crippen molar-refractivity contribution in [3.63, 3.8) is 0 Å². The first-order valence-corrected chi connectivity index (χ1v) is 20.0. The molecular weight excluding hydrogens is 769 g/mol. The Kier molecular flexibility index (Phi) is 14.9. The van der Waals surface area contributed by atoms with Crippen LogP contribution < -0.4 is 32.6 Å².